The van der Waals surface area contributed by atoms with E-state index < -0.39 is 0 Å². The summed E-state index contributed by atoms with van der Waals surface area (Å²) >= 11 is 6.20. The molecule has 0 unspecified atom stereocenters. The minimum atomic E-state index is -0.114. The molecule has 2 rings (SSSR count). The Kier molecular flexibility index (Phi) is 6.46. The summed E-state index contributed by atoms with van der Waals surface area (Å²) in [5, 5.41) is 3.30. The second-order valence-corrected chi connectivity index (χ2v) is 6.17. The number of halogens is 1. The highest BCUT2D eigenvalue weighted by atomic mass is 35.5. The zero-order chi connectivity index (χ0) is 17.5. The molecule has 0 saturated carbocycles. The van der Waals surface area contributed by atoms with Crippen molar-refractivity contribution in [3.63, 3.8) is 0 Å². The minimum absolute atomic E-state index is 0.114. The molecule has 0 atom stereocenters. The van der Waals surface area contributed by atoms with Crippen molar-refractivity contribution in [3.8, 4) is 5.75 Å². The van der Waals surface area contributed by atoms with Gasteiger partial charge in [0.05, 0.1) is 11.4 Å². The van der Waals surface area contributed by atoms with Gasteiger partial charge < -0.3 is 20.7 Å². The smallest absolute Gasteiger partial charge is 0.228 e. The van der Waals surface area contributed by atoms with Gasteiger partial charge in [0.2, 0.25) is 5.91 Å². The van der Waals surface area contributed by atoms with E-state index in [0.717, 1.165) is 12.1 Å². The van der Waals surface area contributed by atoms with Crippen LogP contribution in [0.5, 0.6) is 5.75 Å². The largest absolute Gasteiger partial charge is 0.491 e. The molecule has 0 saturated heterocycles. The third-order valence-corrected chi connectivity index (χ3v) is 3.65. The zero-order valence-electron chi connectivity index (χ0n) is 13.9. The highest BCUT2D eigenvalue weighted by molar-refractivity contribution is 6.32. The second-order valence-electron chi connectivity index (χ2n) is 5.76. The predicted octanol–water partition coefficient (Wildman–Crippen LogP) is 3.04. The van der Waals surface area contributed by atoms with Crippen LogP contribution in [-0.2, 0) is 11.2 Å². The molecule has 128 valence electrons. The number of hydrogen-bond donors (Lipinski definition) is 2. The van der Waals surface area contributed by atoms with Gasteiger partial charge in [-0.25, -0.2) is 0 Å². The third kappa shape index (κ3) is 5.76. The highest BCUT2D eigenvalue weighted by Gasteiger charge is 2.07. The lowest BCUT2D eigenvalue weighted by Crippen LogP contribution is -2.19. The number of rotatable bonds is 7. The van der Waals surface area contributed by atoms with Crippen molar-refractivity contribution in [1.82, 2.24) is 4.90 Å². The number of nitrogens with zero attached hydrogens (tertiary/aromatic N) is 1. The monoisotopic (exact) mass is 347 g/mol. The molecule has 24 heavy (non-hydrogen) atoms. The Morgan fingerprint density at radius 1 is 1.21 bits per heavy atom. The van der Waals surface area contributed by atoms with E-state index in [1.54, 1.807) is 30.3 Å². The first-order valence-electron chi connectivity index (χ1n) is 7.65. The topological polar surface area (TPSA) is 67.6 Å². The summed E-state index contributed by atoms with van der Waals surface area (Å²) in [6.45, 7) is 1.35. The fourth-order valence-corrected chi connectivity index (χ4v) is 2.29. The van der Waals surface area contributed by atoms with Crippen LogP contribution >= 0.6 is 11.6 Å². The van der Waals surface area contributed by atoms with E-state index in [-0.39, 0.29) is 12.3 Å². The molecular weight excluding hydrogens is 326 g/mol. The number of nitrogens with one attached hydrogen (secondary N) is 1. The summed E-state index contributed by atoms with van der Waals surface area (Å²) in [5.74, 6) is 0.493. The van der Waals surface area contributed by atoms with E-state index in [1.807, 2.05) is 31.1 Å². The summed E-state index contributed by atoms with van der Waals surface area (Å²) in [6, 6.07) is 12.5. The Morgan fingerprint density at radius 3 is 2.54 bits per heavy atom. The van der Waals surface area contributed by atoms with Crippen LogP contribution in [0, 0.1) is 0 Å². The molecule has 2 aromatic rings. The number of nitrogens with two attached hydrogens (primary N) is 1. The van der Waals surface area contributed by atoms with Crippen molar-refractivity contribution < 1.29 is 9.53 Å². The van der Waals surface area contributed by atoms with Crippen LogP contribution in [-0.4, -0.2) is 38.1 Å². The lowest BCUT2D eigenvalue weighted by atomic mass is 10.1. The van der Waals surface area contributed by atoms with Crippen molar-refractivity contribution in [1.29, 1.82) is 0 Å². The molecule has 5 nitrogen and oxygen atoms in total. The minimum Gasteiger partial charge on any atom is -0.491 e. The van der Waals surface area contributed by atoms with E-state index in [1.165, 1.54) is 0 Å². The lowest BCUT2D eigenvalue weighted by molar-refractivity contribution is -0.115. The van der Waals surface area contributed by atoms with E-state index in [2.05, 4.69) is 5.32 Å². The third-order valence-electron chi connectivity index (χ3n) is 3.36. The van der Waals surface area contributed by atoms with Crippen LogP contribution in [0.25, 0.3) is 0 Å². The highest BCUT2D eigenvalue weighted by Crippen LogP contribution is 2.27. The summed E-state index contributed by atoms with van der Waals surface area (Å²) in [4.78, 5) is 14.1. The maximum absolute atomic E-state index is 12.1. The molecule has 6 heteroatoms. The first-order valence-corrected chi connectivity index (χ1v) is 8.03. The Balaban J connectivity index is 1.91. The van der Waals surface area contributed by atoms with Crippen molar-refractivity contribution in [2.75, 3.05) is 38.3 Å². The van der Waals surface area contributed by atoms with Crippen molar-refractivity contribution in [3.05, 3.63) is 53.1 Å². The molecule has 0 aliphatic heterocycles. The molecule has 0 fully saturated rings. The Morgan fingerprint density at radius 2 is 1.92 bits per heavy atom. The Hall–Kier alpha value is -2.24. The molecule has 3 N–H and O–H groups in total. The van der Waals surface area contributed by atoms with E-state index in [9.17, 15) is 4.79 Å². The van der Waals surface area contributed by atoms with Crippen LogP contribution in [0.1, 0.15) is 5.56 Å². The van der Waals surface area contributed by atoms with Crippen molar-refractivity contribution >= 4 is 28.9 Å². The van der Waals surface area contributed by atoms with E-state index >= 15 is 0 Å². The number of carbonyl (C=O) groups is 1. The lowest BCUT2D eigenvalue weighted by Gasteiger charge is -2.13. The normalized spacial score (nSPS) is 10.7. The molecule has 0 heterocycles. The number of benzene rings is 2. The molecule has 0 spiro atoms. The summed E-state index contributed by atoms with van der Waals surface area (Å²) < 4.78 is 5.62. The number of carbonyl (C=O) groups excluding carboxylic acids is 1. The van der Waals surface area contributed by atoms with Gasteiger partial charge in [-0.05, 0) is 50.0 Å². The average molecular weight is 348 g/mol. The molecule has 1 amide bonds. The van der Waals surface area contributed by atoms with Crippen LogP contribution < -0.4 is 15.8 Å². The van der Waals surface area contributed by atoms with Gasteiger partial charge >= 0.3 is 0 Å². The predicted molar refractivity (Wildman–Crippen MR) is 98.7 cm³/mol. The van der Waals surface area contributed by atoms with Gasteiger partial charge in [0.1, 0.15) is 12.4 Å². The van der Waals surface area contributed by atoms with Crippen molar-refractivity contribution in [2.24, 2.45) is 0 Å². The quantitative estimate of drug-likeness (QED) is 0.755. The number of hydrogen-bond acceptors (Lipinski definition) is 4. The number of ether oxygens (including phenoxy) is 1. The van der Waals surface area contributed by atoms with E-state index in [0.29, 0.717) is 28.8 Å². The Labute approximate surface area is 147 Å². The maximum Gasteiger partial charge on any atom is 0.228 e. The maximum atomic E-state index is 12.1. The summed E-state index contributed by atoms with van der Waals surface area (Å²) in [6.07, 6.45) is 0.277. The van der Waals surface area contributed by atoms with Gasteiger partial charge in [0, 0.05) is 17.9 Å². The SMILES string of the molecule is CN(C)CCOc1ccc(NC(=O)Cc2ccc(N)cc2)cc1Cl. The number of likely N-dealkylation sites (N-methyl/N-ethyl adjacent to an activating group) is 1. The number of nitrogen functional groups attached to an aromatic ring is 1. The second kappa shape index (κ2) is 8.57. The Bertz CT molecular complexity index is 687. The fourth-order valence-electron chi connectivity index (χ4n) is 2.06. The van der Waals surface area contributed by atoms with Crippen LogP contribution in [0.3, 0.4) is 0 Å². The number of anilines is 2. The molecular formula is C18H22ClN3O2. The van der Waals surface area contributed by atoms with Crippen LogP contribution in [0.4, 0.5) is 11.4 Å². The van der Waals surface area contributed by atoms with Crippen LogP contribution in [0.15, 0.2) is 42.5 Å². The molecule has 0 bridgehead atoms. The van der Waals surface area contributed by atoms with Gasteiger partial charge in [-0.2, -0.15) is 0 Å². The first-order chi connectivity index (χ1) is 11.4. The molecule has 0 aliphatic rings. The van der Waals surface area contributed by atoms with Gasteiger partial charge in [-0.1, -0.05) is 23.7 Å². The van der Waals surface area contributed by atoms with Crippen molar-refractivity contribution in [2.45, 2.75) is 6.42 Å². The molecule has 0 aromatic heterocycles. The van der Waals surface area contributed by atoms with Gasteiger partial charge in [-0.15, -0.1) is 0 Å². The van der Waals surface area contributed by atoms with Gasteiger partial charge in [-0.3, -0.25) is 4.79 Å². The zero-order valence-corrected chi connectivity index (χ0v) is 14.6. The first kappa shape index (κ1) is 18.1. The van der Waals surface area contributed by atoms with Crippen LogP contribution in [0.2, 0.25) is 5.02 Å². The molecule has 0 aliphatic carbocycles. The fraction of sp³-hybridized carbons (Fsp3) is 0.278. The summed E-state index contributed by atoms with van der Waals surface area (Å²) in [5.41, 5.74) is 7.85. The molecule has 2 aromatic carbocycles. The van der Waals surface area contributed by atoms with Gasteiger partial charge in [0.25, 0.3) is 0 Å². The van der Waals surface area contributed by atoms with Gasteiger partial charge in [0.15, 0.2) is 0 Å². The van der Waals surface area contributed by atoms with E-state index in [4.69, 9.17) is 22.1 Å². The molecule has 0 radical (unpaired) electrons. The number of amides is 1. The average Bonchev–Trinajstić information content (AvgIpc) is 2.51. The summed E-state index contributed by atoms with van der Waals surface area (Å²) in [7, 11) is 3.95. The standard InChI is InChI=1S/C18H22ClN3O2/c1-22(2)9-10-24-17-8-7-15(12-16(17)19)21-18(23)11-13-3-5-14(20)6-4-13/h3-8,12H,9-11,20H2,1-2H3,(H,21,23).